The minimum Gasteiger partial charge on any atom is -0.494 e. The maximum absolute atomic E-state index is 8.79. The van der Waals surface area contributed by atoms with Crippen LogP contribution in [0.15, 0.2) is 6.07 Å². The van der Waals surface area contributed by atoms with Crippen LogP contribution in [0.25, 0.3) is 0 Å². The third-order valence-corrected chi connectivity index (χ3v) is 2.28. The van der Waals surface area contributed by atoms with E-state index in [-0.39, 0.29) is 26.9 Å². The molecule has 0 fully saturated rings. The second-order valence-corrected chi connectivity index (χ2v) is 3.14. The summed E-state index contributed by atoms with van der Waals surface area (Å²) in [7, 11) is 1.38. The Morgan fingerprint density at radius 3 is 2.36 bits per heavy atom. The van der Waals surface area contributed by atoms with Crippen molar-refractivity contribution in [2.45, 2.75) is 0 Å². The summed E-state index contributed by atoms with van der Waals surface area (Å²) in [5.74, 6) is 0.193. The molecule has 0 aliphatic heterocycles. The van der Waals surface area contributed by atoms with Crippen molar-refractivity contribution in [2.24, 2.45) is 0 Å². The molecule has 0 aliphatic carbocycles. The standard InChI is InChI=1S/C9H4Cl2N2O/c1-14-9-6(4-13)8(11)5(3-12)2-7(9)10/h2H,1H3. The number of nitriles is 2. The molecule has 0 heterocycles. The Bertz CT molecular complexity index is 454. The van der Waals surface area contributed by atoms with Gasteiger partial charge in [-0.25, -0.2) is 0 Å². The van der Waals surface area contributed by atoms with Gasteiger partial charge in [-0.1, -0.05) is 23.2 Å². The van der Waals surface area contributed by atoms with Crippen LogP contribution in [-0.4, -0.2) is 7.11 Å². The number of ether oxygens (including phenoxy) is 1. The average Bonchev–Trinajstić information content (AvgIpc) is 2.20. The van der Waals surface area contributed by atoms with Crippen molar-refractivity contribution in [3.8, 4) is 17.9 Å². The van der Waals surface area contributed by atoms with Crippen LogP contribution in [0.2, 0.25) is 10.0 Å². The molecule has 0 unspecified atom stereocenters. The molecule has 3 nitrogen and oxygen atoms in total. The Hall–Kier alpha value is -1.42. The number of rotatable bonds is 1. The van der Waals surface area contributed by atoms with Gasteiger partial charge in [0.05, 0.1) is 22.7 Å². The first kappa shape index (κ1) is 10.7. The molecule has 0 saturated carbocycles. The molecule has 14 heavy (non-hydrogen) atoms. The maximum Gasteiger partial charge on any atom is 0.156 e. The summed E-state index contributed by atoms with van der Waals surface area (Å²) in [5, 5.41) is 17.7. The number of nitrogens with zero attached hydrogens (tertiary/aromatic N) is 2. The van der Waals surface area contributed by atoms with Gasteiger partial charge in [0.15, 0.2) is 5.75 Å². The Kier molecular flexibility index (Phi) is 3.19. The van der Waals surface area contributed by atoms with Gasteiger partial charge in [0.2, 0.25) is 0 Å². The van der Waals surface area contributed by atoms with Crippen molar-refractivity contribution in [3.63, 3.8) is 0 Å². The zero-order valence-corrected chi connectivity index (χ0v) is 8.65. The van der Waals surface area contributed by atoms with Crippen LogP contribution < -0.4 is 4.74 Å². The second-order valence-electron chi connectivity index (χ2n) is 2.35. The SMILES string of the molecule is COc1c(Cl)cc(C#N)c(Cl)c1C#N. The highest BCUT2D eigenvalue weighted by Crippen LogP contribution is 2.35. The number of hydrogen-bond donors (Lipinski definition) is 0. The van der Waals surface area contributed by atoms with E-state index in [0.29, 0.717) is 0 Å². The lowest BCUT2D eigenvalue weighted by atomic mass is 10.1. The van der Waals surface area contributed by atoms with Crippen molar-refractivity contribution in [1.82, 2.24) is 0 Å². The summed E-state index contributed by atoms with van der Waals surface area (Å²) in [4.78, 5) is 0. The summed E-state index contributed by atoms with van der Waals surface area (Å²) >= 11 is 11.6. The van der Waals surface area contributed by atoms with Gasteiger partial charge in [-0.3, -0.25) is 0 Å². The molecule has 0 N–H and O–H groups in total. The summed E-state index contributed by atoms with van der Waals surface area (Å²) in [6.07, 6.45) is 0. The van der Waals surface area contributed by atoms with Crippen molar-refractivity contribution in [2.75, 3.05) is 7.11 Å². The monoisotopic (exact) mass is 226 g/mol. The lowest BCUT2D eigenvalue weighted by Crippen LogP contribution is -1.92. The molecule has 5 heteroatoms. The first-order valence-corrected chi connectivity index (χ1v) is 4.27. The average molecular weight is 227 g/mol. The molecule has 70 valence electrons. The van der Waals surface area contributed by atoms with E-state index in [0.717, 1.165) is 0 Å². The molecule has 0 bridgehead atoms. The van der Waals surface area contributed by atoms with E-state index in [1.54, 1.807) is 0 Å². The van der Waals surface area contributed by atoms with Gasteiger partial charge in [-0.15, -0.1) is 0 Å². The first-order valence-electron chi connectivity index (χ1n) is 3.51. The summed E-state index contributed by atoms with van der Waals surface area (Å²) in [6.45, 7) is 0. The minimum atomic E-state index is 0.0660. The lowest BCUT2D eigenvalue weighted by Gasteiger charge is -2.07. The Labute approximate surface area is 91.0 Å². The molecule has 0 amide bonds. The third-order valence-electron chi connectivity index (χ3n) is 1.61. The van der Waals surface area contributed by atoms with E-state index in [2.05, 4.69) is 0 Å². The molecule has 1 rings (SSSR count). The zero-order chi connectivity index (χ0) is 10.7. The Morgan fingerprint density at radius 2 is 1.93 bits per heavy atom. The molecule has 1 aromatic carbocycles. The van der Waals surface area contributed by atoms with Crippen LogP contribution in [0, 0.1) is 22.7 Å². The maximum atomic E-state index is 8.79. The predicted octanol–water partition coefficient (Wildman–Crippen LogP) is 2.75. The van der Waals surface area contributed by atoms with Crippen LogP contribution in [-0.2, 0) is 0 Å². The molecule has 0 atom stereocenters. The highest BCUT2D eigenvalue weighted by molar-refractivity contribution is 6.36. The number of benzene rings is 1. The van der Waals surface area contributed by atoms with Crippen LogP contribution >= 0.6 is 23.2 Å². The van der Waals surface area contributed by atoms with E-state index < -0.39 is 0 Å². The van der Waals surface area contributed by atoms with Crippen molar-refractivity contribution in [1.29, 1.82) is 10.5 Å². The predicted molar refractivity (Wildman–Crippen MR) is 52.4 cm³/mol. The molecule has 0 saturated heterocycles. The molecule has 0 spiro atoms. The highest BCUT2D eigenvalue weighted by atomic mass is 35.5. The first-order chi connectivity index (χ1) is 6.65. The smallest absolute Gasteiger partial charge is 0.156 e. The minimum absolute atomic E-state index is 0.0660. The number of methoxy groups -OCH3 is 1. The third kappa shape index (κ3) is 1.61. The fourth-order valence-corrected chi connectivity index (χ4v) is 1.50. The van der Waals surface area contributed by atoms with E-state index in [1.165, 1.54) is 13.2 Å². The lowest BCUT2D eigenvalue weighted by molar-refractivity contribution is 0.413. The van der Waals surface area contributed by atoms with Crippen LogP contribution in [0.1, 0.15) is 11.1 Å². The summed E-state index contributed by atoms with van der Waals surface area (Å²) < 4.78 is 4.90. The quantitative estimate of drug-likeness (QED) is 0.740. The van der Waals surface area contributed by atoms with E-state index in [4.69, 9.17) is 38.5 Å². The Morgan fingerprint density at radius 1 is 1.29 bits per heavy atom. The second kappa shape index (κ2) is 4.19. The fraction of sp³-hybridized carbons (Fsp3) is 0.111. The van der Waals surface area contributed by atoms with Gasteiger partial charge >= 0.3 is 0 Å². The van der Waals surface area contributed by atoms with Gasteiger partial charge in [-0.05, 0) is 6.07 Å². The van der Waals surface area contributed by atoms with E-state index in [9.17, 15) is 0 Å². The van der Waals surface area contributed by atoms with Crippen LogP contribution in [0.4, 0.5) is 0 Å². The molecule has 0 radical (unpaired) electrons. The fourth-order valence-electron chi connectivity index (χ4n) is 0.990. The highest BCUT2D eigenvalue weighted by Gasteiger charge is 2.16. The van der Waals surface area contributed by atoms with E-state index in [1.807, 2.05) is 12.1 Å². The van der Waals surface area contributed by atoms with E-state index >= 15 is 0 Å². The molecule has 0 aromatic heterocycles. The molecular formula is C9H4Cl2N2O. The molecule has 1 aromatic rings. The van der Waals surface area contributed by atoms with Crippen LogP contribution in [0.3, 0.4) is 0 Å². The Balaban J connectivity index is 3.61. The van der Waals surface area contributed by atoms with Crippen molar-refractivity contribution >= 4 is 23.2 Å². The molecule has 0 aliphatic rings. The number of halogens is 2. The van der Waals surface area contributed by atoms with Gasteiger partial charge in [0.25, 0.3) is 0 Å². The largest absolute Gasteiger partial charge is 0.494 e. The summed E-state index contributed by atoms with van der Waals surface area (Å²) in [6, 6.07) is 5.04. The normalized spacial score (nSPS) is 8.93. The van der Waals surface area contributed by atoms with Crippen molar-refractivity contribution in [3.05, 3.63) is 27.2 Å². The van der Waals surface area contributed by atoms with Crippen LogP contribution in [0.5, 0.6) is 5.75 Å². The topological polar surface area (TPSA) is 56.8 Å². The summed E-state index contributed by atoms with van der Waals surface area (Å²) in [5.41, 5.74) is 0.243. The van der Waals surface area contributed by atoms with Gasteiger partial charge in [-0.2, -0.15) is 10.5 Å². The number of hydrogen-bond acceptors (Lipinski definition) is 3. The zero-order valence-electron chi connectivity index (χ0n) is 7.14. The van der Waals surface area contributed by atoms with Crippen molar-refractivity contribution < 1.29 is 4.74 Å². The van der Waals surface area contributed by atoms with Gasteiger partial charge in [0.1, 0.15) is 17.7 Å². The van der Waals surface area contributed by atoms with Gasteiger partial charge < -0.3 is 4.74 Å². The van der Waals surface area contributed by atoms with Gasteiger partial charge in [0, 0.05) is 0 Å². The molecular weight excluding hydrogens is 223 g/mol.